The summed E-state index contributed by atoms with van der Waals surface area (Å²) in [6, 6.07) is 6.80. The Kier molecular flexibility index (Phi) is 4.57. The fraction of sp³-hybridized carbons (Fsp3) is 0.250. The van der Waals surface area contributed by atoms with Crippen LogP contribution in [-0.2, 0) is 0 Å². The van der Waals surface area contributed by atoms with Crippen molar-refractivity contribution in [2.45, 2.75) is 19.9 Å². The Hall–Kier alpha value is -2.74. The van der Waals surface area contributed by atoms with E-state index in [4.69, 9.17) is 9.26 Å². The summed E-state index contributed by atoms with van der Waals surface area (Å²) < 4.78 is 10.5. The van der Waals surface area contributed by atoms with E-state index in [0.29, 0.717) is 28.0 Å². The Morgan fingerprint density at radius 2 is 2.12 bits per heavy atom. The lowest BCUT2D eigenvalue weighted by Gasteiger charge is -2.18. The molecule has 1 aromatic carbocycles. The van der Waals surface area contributed by atoms with E-state index in [2.05, 4.69) is 20.4 Å². The summed E-state index contributed by atoms with van der Waals surface area (Å²) in [5.74, 6) is 1.18. The van der Waals surface area contributed by atoms with Crippen LogP contribution in [0, 0.1) is 13.8 Å². The van der Waals surface area contributed by atoms with Crippen LogP contribution in [0.25, 0.3) is 0 Å². The van der Waals surface area contributed by atoms with Crippen molar-refractivity contribution in [3.05, 3.63) is 57.6 Å². The Morgan fingerprint density at radius 3 is 2.75 bits per heavy atom. The fourth-order valence-electron chi connectivity index (χ4n) is 2.33. The van der Waals surface area contributed by atoms with Crippen molar-refractivity contribution >= 4 is 17.2 Å². The number of thiazole rings is 1. The summed E-state index contributed by atoms with van der Waals surface area (Å²) in [7, 11) is 1.58. The molecule has 0 saturated heterocycles. The number of carbonyl (C=O) groups is 1. The highest BCUT2D eigenvalue weighted by molar-refractivity contribution is 7.11. The van der Waals surface area contributed by atoms with Gasteiger partial charge in [-0.2, -0.15) is 4.98 Å². The molecule has 1 atom stereocenters. The van der Waals surface area contributed by atoms with Gasteiger partial charge in [0, 0.05) is 12.5 Å². The molecule has 0 fully saturated rings. The Morgan fingerprint density at radius 1 is 1.33 bits per heavy atom. The van der Waals surface area contributed by atoms with Gasteiger partial charge in [0.25, 0.3) is 5.91 Å². The Bertz CT molecular complexity index is 858. The highest BCUT2D eigenvalue weighted by Gasteiger charge is 2.26. The molecule has 2 aromatic heterocycles. The molecule has 0 saturated carbocycles. The first kappa shape index (κ1) is 16.1. The van der Waals surface area contributed by atoms with Gasteiger partial charge in [-0.1, -0.05) is 23.4 Å². The Labute approximate surface area is 142 Å². The second kappa shape index (κ2) is 6.79. The molecular formula is C16H16N4O3S. The number of carbonyl (C=O) groups excluding carboxylic acids is 1. The van der Waals surface area contributed by atoms with Crippen LogP contribution in [0.4, 0.5) is 0 Å². The highest BCUT2D eigenvalue weighted by atomic mass is 32.1. The standard InChI is InChI=1S/C16H16N4O3S/c1-9-14(24-8-17-9)16(21)19-13(15-18-10(2)23-20-15)11-6-4-5-7-12(11)22-3/h4-8,13H,1-3H3,(H,19,21)/t13-/m1/s1. The summed E-state index contributed by atoms with van der Waals surface area (Å²) in [5.41, 5.74) is 3.07. The molecule has 0 aliphatic heterocycles. The lowest BCUT2D eigenvalue weighted by atomic mass is 10.0. The van der Waals surface area contributed by atoms with E-state index in [9.17, 15) is 4.79 Å². The molecule has 1 N–H and O–H groups in total. The first-order chi connectivity index (χ1) is 11.6. The maximum absolute atomic E-state index is 12.6. The number of rotatable bonds is 5. The van der Waals surface area contributed by atoms with Gasteiger partial charge in [0.2, 0.25) is 5.89 Å². The number of benzene rings is 1. The van der Waals surface area contributed by atoms with Crippen LogP contribution in [0.3, 0.4) is 0 Å². The first-order valence-corrected chi connectivity index (χ1v) is 8.12. The van der Waals surface area contributed by atoms with Gasteiger partial charge in [0.15, 0.2) is 5.82 Å². The second-order valence-corrected chi connectivity index (χ2v) is 5.94. The minimum Gasteiger partial charge on any atom is -0.496 e. The molecule has 0 bridgehead atoms. The molecule has 0 spiro atoms. The summed E-state index contributed by atoms with van der Waals surface area (Å²) in [5, 5.41) is 6.90. The molecule has 3 aromatic rings. The fourth-order valence-corrected chi connectivity index (χ4v) is 3.04. The Balaban J connectivity index is 2.00. The number of aryl methyl sites for hydroxylation is 2. The number of hydrogen-bond donors (Lipinski definition) is 1. The van der Waals surface area contributed by atoms with Crippen molar-refractivity contribution in [3.8, 4) is 5.75 Å². The van der Waals surface area contributed by atoms with E-state index >= 15 is 0 Å². The molecule has 8 heteroatoms. The minimum absolute atomic E-state index is 0.242. The van der Waals surface area contributed by atoms with Gasteiger partial charge in [0.1, 0.15) is 16.7 Å². The van der Waals surface area contributed by atoms with Crippen LogP contribution < -0.4 is 10.1 Å². The predicted molar refractivity (Wildman–Crippen MR) is 88.2 cm³/mol. The van der Waals surface area contributed by atoms with Gasteiger partial charge in [0.05, 0.1) is 18.3 Å². The smallest absolute Gasteiger partial charge is 0.264 e. The molecule has 7 nitrogen and oxygen atoms in total. The zero-order valence-electron chi connectivity index (χ0n) is 13.4. The summed E-state index contributed by atoms with van der Waals surface area (Å²) >= 11 is 1.29. The van der Waals surface area contributed by atoms with E-state index in [1.54, 1.807) is 26.5 Å². The zero-order chi connectivity index (χ0) is 17.1. The van der Waals surface area contributed by atoms with Crippen LogP contribution in [-0.4, -0.2) is 28.1 Å². The minimum atomic E-state index is -0.590. The molecule has 0 aliphatic carbocycles. The summed E-state index contributed by atoms with van der Waals surface area (Å²) in [4.78, 5) is 21.5. The lowest BCUT2D eigenvalue weighted by molar-refractivity contribution is 0.0944. The molecule has 0 aliphatic rings. The third-order valence-corrected chi connectivity index (χ3v) is 4.41. The average molecular weight is 344 g/mol. The number of methoxy groups -OCH3 is 1. The van der Waals surface area contributed by atoms with Crippen LogP contribution in [0.2, 0.25) is 0 Å². The van der Waals surface area contributed by atoms with Crippen molar-refractivity contribution < 1.29 is 14.1 Å². The summed E-state index contributed by atoms with van der Waals surface area (Å²) in [6.45, 7) is 3.49. The van der Waals surface area contributed by atoms with E-state index in [-0.39, 0.29) is 5.91 Å². The van der Waals surface area contributed by atoms with Crippen LogP contribution in [0.15, 0.2) is 34.3 Å². The van der Waals surface area contributed by atoms with Crippen molar-refractivity contribution in [3.63, 3.8) is 0 Å². The molecule has 0 radical (unpaired) electrons. The number of amides is 1. The van der Waals surface area contributed by atoms with E-state index in [0.717, 1.165) is 5.56 Å². The molecule has 1 amide bonds. The van der Waals surface area contributed by atoms with Gasteiger partial charge in [-0.3, -0.25) is 4.79 Å². The van der Waals surface area contributed by atoms with Crippen molar-refractivity contribution in [1.82, 2.24) is 20.4 Å². The number of nitrogens with zero attached hydrogens (tertiary/aromatic N) is 3. The molecule has 24 heavy (non-hydrogen) atoms. The lowest BCUT2D eigenvalue weighted by Crippen LogP contribution is -2.30. The van der Waals surface area contributed by atoms with Gasteiger partial charge in [-0.15, -0.1) is 11.3 Å². The zero-order valence-corrected chi connectivity index (χ0v) is 14.3. The molecule has 2 heterocycles. The SMILES string of the molecule is COc1ccccc1[C@@H](NC(=O)c1scnc1C)c1noc(C)n1. The van der Waals surface area contributed by atoms with Crippen LogP contribution >= 0.6 is 11.3 Å². The van der Waals surface area contributed by atoms with E-state index in [1.807, 2.05) is 24.3 Å². The maximum atomic E-state index is 12.6. The van der Waals surface area contributed by atoms with Crippen LogP contribution in [0.5, 0.6) is 5.75 Å². The first-order valence-electron chi connectivity index (χ1n) is 7.24. The number of hydrogen-bond acceptors (Lipinski definition) is 7. The van der Waals surface area contributed by atoms with Crippen molar-refractivity contribution in [2.24, 2.45) is 0 Å². The molecular weight excluding hydrogens is 328 g/mol. The third-order valence-electron chi connectivity index (χ3n) is 3.48. The molecule has 0 unspecified atom stereocenters. The van der Waals surface area contributed by atoms with Gasteiger partial charge in [-0.25, -0.2) is 4.98 Å². The van der Waals surface area contributed by atoms with Crippen molar-refractivity contribution in [1.29, 1.82) is 0 Å². The number of aromatic nitrogens is 3. The van der Waals surface area contributed by atoms with Gasteiger partial charge in [-0.05, 0) is 13.0 Å². The monoisotopic (exact) mass is 344 g/mol. The predicted octanol–water partition coefficient (Wildman–Crippen LogP) is 2.67. The molecule has 124 valence electrons. The molecule has 3 rings (SSSR count). The summed E-state index contributed by atoms with van der Waals surface area (Å²) in [6.07, 6.45) is 0. The van der Waals surface area contributed by atoms with Crippen molar-refractivity contribution in [2.75, 3.05) is 7.11 Å². The van der Waals surface area contributed by atoms with E-state index < -0.39 is 6.04 Å². The third kappa shape index (κ3) is 3.13. The van der Waals surface area contributed by atoms with Gasteiger partial charge >= 0.3 is 0 Å². The topological polar surface area (TPSA) is 90.1 Å². The van der Waals surface area contributed by atoms with Crippen LogP contribution in [0.1, 0.15) is 38.7 Å². The quantitative estimate of drug-likeness (QED) is 0.765. The number of ether oxygens (including phenoxy) is 1. The van der Waals surface area contributed by atoms with Gasteiger partial charge < -0.3 is 14.6 Å². The normalized spacial score (nSPS) is 12.0. The maximum Gasteiger partial charge on any atom is 0.264 e. The number of nitrogens with one attached hydrogen (secondary N) is 1. The number of para-hydroxylation sites is 1. The average Bonchev–Trinajstić information content (AvgIpc) is 3.21. The largest absolute Gasteiger partial charge is 0.496 e. The second-order valence-electron chi connectivity index (χ2n) is 5.09. The van der Waals surface area contributed by atoms with E-state index in [1.165, 1.54) is 11.3 Å². The highest BCUT2D eigenvalue weighted by Crippen LogP contribution is 2.29.